The van der Waals surface area contributed by atoms with Gasteiger partial charge < -0.3 is 10.6 Å². The summed E-state index contributed by atoms with van der Waals surface area (Å²) in [6.07, 6.45) is 6.63. The van der Waals surface area contributed by atoms with E-state index in [1.807, 2.05) is 4.90 Å². The first-order chi connectivity index (χ1) is 7.91. The molecule has 0 saturated carbocycles. The summed E-state index contributed by atoms with van der Waals surface area (Å²) < 4.78 is 0. The van der Waals surface area contributed by atoms with Crippen molar-refractivity contribution in [2.24, 2.45) is 11.1 Å². The van der Waals surface area contributed by atoms with Crippen molar-refractivity contribution in [3.8, 4) is 0 Å². The minimum atomic E-state index is -0.0413. The lowest BCUT2D eigenvalue weighted by Gasteiger charge is -2.30. The van der Waals surface area contributed by atoms with Crippen LogP contribution < -0.4 is 5.73 Å². The predicted molar refractivity (Wildman–Crippen MR) is 71.7 cm³/mol. The SMILES string of the molecule is CC(C)(C)C(N)CC(=O)N1CCCCCCC1. The molecule has 2 N–H and O–H groups in total. The number of nitrogens with two attached hydrogens (primary N) is 1. The van der Waals surface area contributed by atoms with Gasteiger partial charge in [-0.2, -0.15) is 0 Å². The molecule has 1 fully saturated rings. The van der Waals surface area contributed by atoms with Gasteiger partial charge >= 0.3 is 0 Å². The highest BCUT2D eigenvalue weighted by atomic mass is 16.2. The van der Waals surface area contributed by atoms with Crippen molar-refractivity contribution in [3.05, 3.63) is 0 Å². The van der Waals surface area contributed by atoms with Crippen LogP contribution in [0.15, 0.2) is 0 Å². The fourth-order valence-electron chi connectivity index (χ4n) is 2.12. The van der Waals surface area contributed by atoms with Crippen LogP contribution in [0.5, 0.6) is 0 Å². The van der Waals surface area contributed by atoms with Crippen LogP contribution in [0.3, 0.4) is 0 Å². The molecule has 1 amide bonds. The van der Waals surface area contributed by atoms with E-state index in [1.165, 1.54) is 19.3 Å². The molecule has 0 aromatic heterocycles. The van der Waals surface area contributed by atoms with Crippen LogP contribution in [0.1, 0.15) is 59.3 Å². The molecule has 3 nitrogen and oxygen atoms in total. The average molecular weight is 240 g/mol. The molecule has 1 aliphatic rings. The number of amides is 1. The predicted octanol–water partition coefficient (Wildman–Crippen LogP) is 2.54. The summed E-state index contributed by atoms with van der Waals surface area (Å²) in [4.78, 5) is 14.2. The monoisotopic (exact) mass is 240 g/mol. The molecular weight excluding hydrogens is 212 g/mol. The summed E-state index contributed by atoms with van der Waals surface area (Å²) in [6.45, 7) is 8.14. The Kier molecular flexibility index (Phi) is 5.44. The molecule has 1 aliphatic heterocycles. The number of nitrogens with zero attached hydrogens (tertiary/aromatic N) is 1. The van der Waals surface area contributed by atoms with Crippen LogP contribution in [0, 0.1) is 5.41 Å². The van der Waals surface area contributed by atoms with E-state index in [0.29, 0.717) is 6.42 Å². The van der Waals surface area contributed by atoms with Gasteiger partial charge in [0.25, 0.3) is 0 Å². The second-order valence-electron chi connectivity index (χ2n) is 6.33. The minimum absolute atomic E-state index is 0.0123. The van der Waals surface area contributed by atoms with E-state index in [1.54, 1.807) is 0 Å². The van der Waals surface area contributed by atoms with Crippen LogP contribution in [-0.2, 0) is 4.79 Å². The lowest BCUT2D eigenvalue weighted by Crippen LogP contribution is -2.42. The summed E-state index contributed by atoms with van der Waals surface area (Å²) >= 11 is 0. The average Bonchev–Trinajstić information content (AvgIpc) is 2.14. The third kappa shape index (κ3) is 5.07. The van der Waals surface area contributed by atoms with Gasteiger partial charge in [-0.25, -0.2) is 0 Å². The fraction of sp³-hybridized carbons (Fsp3) is 0.929. The van der Waals surface area contributed by atoms with Gasteiger partial charge in [0.05, 0.1) is 0 Å². The minimum Gasteiger partial charge on any atom is -0.343 e. The second-order valence-corrected chi connectivity index (χ2v) is 6.33. The van der Waals surface area contributed by atoms with Crippen LogP contribution in [-0.4, -0.2) is 29.9 Å². The van der Waals surface area contributed by atoms with Crippen molar-refractivity contribution >= 4 is 5.91 Å². The van der Waals surface area contributed by atoms with Gasteiger partial charge in [0.15, 0.2) is 0 Å². The topological polar surface area (TPSA) is 46.3 Å². The van der Waals surface area contributed by atoms with Gasteiger partial charge in [-0.3, -0.25) is 4.79 Å². The Balaban J connectivity index is 2.44. The highest BCUT2D eigenvalue weighted by Gasteiger charge is 2.25. The van der Waals surface area contributed by atoms with E-state index in [-0.39, 0.29) is 17.4 Å². The van der Waals surface area contributed by atoms with Gasteiger partial charge in [0, 0.05) is 25.6 Å². The van der Waals surface area contributed by atoms with Crippen LogP contribution in [0.4, 0.5) is 0 Å². The Bertz CT molecular complexity index is 237. The Morgan fingerprint density at radius 3 is 2.06 bits per heavy atom. The van der Waals surface area contributed by atoms with Gasteiger partial charge in [-0.1, -0.05) is 40.0 Å². The smallest absolute Gasteiger partial charge is 0.224 e. The summed E-state index contributed by atoms with van der Waals surface area (Å²) in [6, 6.07) is -0.0413. The Hall–Kier alpha value is -0.570. The third-order valence-corrected chi connectivity index (χ3v) is 3.72. The maximum atomic E-state index is 12.2. The van der Waals surface area contributed by atoms with Crippen molar-refractivity contribution < 1.29 is 4.79 Å². The normalized spacial score (nSPS) is 20.6. The number of hydrogen-bond donors (Lipinski definition) is 1. The highest BCUT2D eigenvalue weighted by molar-refractivity contribution is 5.76. The van der Waals surface area contributed by atoms with Crippen LogP contribution in [0.2, 0.25) is 0 Å². The molecule has 3 heteroatoms. The lowest BCUT2D eigenvalue weighted by atomic mass is 9.85. The molecule has 1 unspecified atom stereocenters. The second kappa shape index (κ2) is 6.39. The summed E-state index contributed by atoms with van der Waals surface area (Å²) in [7, 11) is 0. The standard InChI is InChI=1S/C14H28N2O/c1-14(2,3)12(15)11-13(17)16-9-7-5-4-6-8-10-16/h12H,4-11,15H2,1-3H3. The molecule has 0 aliphatic carbocycles. The Morgan fingerprint density at radius 2 is 1.59 bits per heavy atom. The third-order valence-electron chi connectivity index (χ3n) is 3.72. The number of likely N-dealkylation sites (tertiary alicyclic amines) is 1. The number of carbonyl (C=O) groups is 1. The van der Waals surface area contributed by atoms with Gasteiger partial charge in [0.2, 0.25) is 5.91 Å². The molecule has 0 spiro atoms. The van der Waals surface area contributed by atoms with Gasteiger partial charge in [-0.05, 0) is 18.3 Å². The largest absolute Gasteiger partial charge is 0.343 e. The lowest BCUT2D eigenvalue weighted by molar-refractivity contribution is -0.132. The summed E-state index contributed by atoms with van der Waals surface area (Å²) in [5, 5.41) is 0. The van der Waals surface area contributed by atoms with E-state index in [2.05, 4.69) is 20.8 Å². The number of hydrogen-bond acceptors (Lipinski definition) is 2. The molecule has 0 aromatic carbocycles. The molecule has 1 heterocycles. The van der Waals surface area contributed by atoms with E-state index < -0.39 is 0 Å². The molecule has 1 rings (SSSR count). The first kappa shape index (κ1) is 14.5. The van der Waals surface area contributed by atoms with Gasteiger partial charge in [0.1, 0.15) is 0 Å². The fourth-order valence-corrected chi connectivity index (χ4v) is 2.12. The number of carbonyl (C=O) groups excluding carboxylic acids is 1. The summed E-state index contributed by atoms with van der Waals surface area (Å²) in [5.74, 6) is 0.245. The molecule has 1 saturated heterocycles. The molecular formula is C14H28N2O. The first-order valence-corrected chi connectivity index (χ1v) is 6.94. The Labute approximate surface area is 106 Å². The zero-order chi connectivity index (χ0) is 12.9. The Morgan fingerprint density at radius 1 is 1.12 bits per heavy atom. The van der Waals surface area contributed by atoms with Crippen molar-refractivity contribution in [2.75, 3.05) is 13.1 Å². The maximum Gasteiger partial charge on any atom is 0.224 e. The molecule has 17 heavy (non-hydrogen) atoms. The van der Waals surface area contributed by atoms with Gasteiger partial charge in [-0.15, -0.1) is 0 Å². The highest BCUT2D eigenvalue weighted by Crippen LogP contribution is 2.21. The van der Waals surface area contributed by atoms with Crippen molar-refractivity contribution in [3.63, 3.8) is 0 Å². The summed E-state index contributed by atoms with van der Waals surface area (Å²) in [5.41, 5.74) is 6.09. The molecule has 100 valence electrons. The zero-order valence-electron chi connectivity index (χ0n) is 11.7. The molecule has 0 bridgehead atoms. The van der Waals surface area contributed by atoms with Crippen LogP contribution in [0.25, 0.3) is 0 Å². The van der Waals surface area contributed by atoms with E-state index >= 15 is 0 Å². The van der Waals surface area contributed by atoms with E-state index in [0.717, 1.165) is 25.9 Å². The molecule has 0 radical (unpaired) electrons. The molecule has 0 aromatic rings. The zero-order valence-corrected chi connectivity index (χ0v) is 11.7. The maximum absolute atomic E-state index is 12.2. The van der Waals surface area contributed by atoms with Crippen molar-refractivity contribution in [2.45, 2.75) is 65.3 Å². The van der Waals surface area contributed by atoms with Crippen molar-refractivity contribution in [1.29, 1.82) is 0 Å². The first-order valence-electron chi connectivity index (χ1n) is 6.94. The van der Waals surface area contributed by atoms with Crippen LogP contribution >= 0.6 is 0 Å². The quantitative estimate of drug-likeness (QED) is 0.806. The van der Waals surface area contributed by atoms with Crippen molar-refractivity contribution in [1.82, 2.24) is 4.90 Å². The number of rotatable bonds is 2. The van der Waals surface area contributed by atoms with E-state index in [9.17, 15) is 4.79 Å². The van der Waals surface area contributed by atoms with E-state index in [4.69, 9.17) is 5.73 Å². The molecule has 1 atom stereocenters.